The van der Waals surface area contributed by atoms with Gasteiger partial charge in [-0.1, -0.05) is 25.4 Å². The number of likely N-dealkylation sites (tertiary alicyclic amines) is 1. The SMILES string of the molecule is CCc1nn(C)c(CN2CCC(C)CC2C(=O)O)c1Cl. The third kappa shape index (κ3) is 2.99. The van der Waals surface area contributed by atoms with Gasteiger partial charge in [0.15, 0.2) is 0 Å². The minimum Gasteiger partial charge on any atom is -0.480 e. The molecule has 2 rings (SSSR count). The van der Waals surface area contributed by atoms with Gasteiger partial charge in [0.1, 0.15) is 6.04 Å². The molecule has 2 unspecified atom stereocenters. The number of carboxylic acids is 1. The zero-order valence-electron chi connectivity index (χ0n) is 12.3. The van der Waals surface area contributed by atoms with E-state index in [1.54, 1.807) is 4.68 Å². The number of rotatable bonds is 4. The van der Waals surface area contributed by atoms with Crippen LogP contribution < -0.4 is 0 Å². The molecule has 2 atom stereocenters. The van der Waals surface area contributed by atoms with Crippen LogP contribution in [-0.4, -0.2) is 38.3 Å². The van der Waals surface area contributed by atoms with Crippen LogP contribution in [0.1, 0.15) is 38.1 Å². The molecule has 1 fully saturated rings. The molecule has 1 aliphatic heterocycles. The maximum atomic E-state index is 11.4. The quantitative estimate of drug-likeness (QED) is 0.927. The normalized spacial score (nSPS) is 24.0. The first-order chi connectivity index (χ1) is 9.43. The van der Waals surface area contributed by atoms with Crippen molar-refractivity contribution in [2.45, 2.75) is 45.7 Å². The Bertz CT molecular complexity index is 501. The Balaban J connectivity index is 2.20. The molecule has 1 aromatic rings. The Morgan fingerprint density at radius 3 is 2.80 bits per heavy atom. The second-order valence-electron chi connectivity index (χ2n) is 5.64. The molecule has 0 spiro atoms. The first kappa shape index (κ1) is 15.3. The molecule has 112 valence electrons. The molecule has 1 aromatic heterocycles. The van der Waals surface area contributed by atoms with Crippen LogP contribution >= 0.6 is 11.6 Å². The molecule has 6 heteroatoms. The van der Waals surface area contributed by atoms with Gasteiger partial charge in [-0.25, -0.2) is 0 Å². The molecular formula is C14H22ClN3O2. The number of carboxylic acid groups (broad SMARTS) is 1. The van der Waals surface area contributed by atoms with E-state index in [0.717, 1.165) is 30.8 Å². The van der Waals surface area contributed by atoms with Gasteiger partial charge in [-0.05, 0) is 31.7 Å². The minimum atomic E-state index is -0.745. The van der Waals surface area contributed by atoms with Crippen molar-refractivity contribution < 1.29 is 9.90 Å². The van der Waals surface area contributed by atoms with Gasteiger partial charge in [0.05, 0.1) is 16.4 Å². The summed E-state index contributed by atoms with van der Waals surface area (Å²) in [5, 5.41) is 14.5. The highest BCUT2D eigenvalue weighted by Gasteiger charge is 2.32. The first-order valence-electron chi connectivity index (χ1n) is 7.11. The highest BCUT2D eigenvalue weighted by molar-refractivity contribution is 6.31. The summed E-state index contributed by atoms with van der Waals surface area (Å²) >= 11 is 6.35. The van der Waals surface area contributed by atoms with Crippen LogP contribution in [0.15, 0.2) is 0 Å². The second-order valence-corrected chi connectivity index (χ2v) is 6.02. The molecule has 1 aliphatic rings. The van der Waals surface area contributed by atoms with Crippen LogP contribution in [0.2, 0.25) is 5.02 Å². The number of nitrogens with zero attached hydrogens (tertiary/aromatic N) is 3. The number of hydrogen-bond acceptors (Lipinski definition) is 3. The summed E-state index contributed by atoms with van der Waals surface area (Å²) in [6, 6.07) is -0.421. The lowest BCUT2D eigenvalue weighted by Crippen LogP contribution is -2.46. The Morgan fingerprint density at radius 1 is 1.55 bits per heavy atom. The van der Waals surface area contributed by atoms with E-state index < -0.39 is 12.0 Å². The Labute approximate surface area is 124 Å². The molecule has 20 heavy (non-hydrogen) atoms. The lowest BCUT2D eigenvalue weighted by Gasteiger charge is -2.35. The van der Waals surface area contributed by atoms with Gasteiger partial charge < -0.3 is 5.11 Å². The molecule has 0 radical (unpaired) electrons. The van der Waals surface area contributed by atoms with E-state index in [4.69, 9.17) is 11.6 Å². The summed E-state index contributed by atoms with van der Waals surface area (Å²) in [6.07, 6.45) is 2.51. The molecule has 0 saturated carbocycles. The van der Waals surface area contributed by atoms with Crippen molar-refractivity contribution in [1.82, 2.24) is 14.7 Å². The van der Waals surface area contributed by atoms with Gasteiger partial charge in [0, 0.05) is 13.6 Å². The van der Waals surface area contributed by atoms with Crippen molar-refractivity contribution in [3.05, 3.63) is 16.4 Å². The van der Waals surface area contributed by atoms with E-state index in [0.29, 0.717) is 23.9 Å². The van der Waals surface area contributed by atoms with Crippen molar-refractivity contribution in [2.24, 2.45) is 13.0 Å². The predicted octanol–water partition coefficient (Wildman–Crippen LogP) is 2.32. The van der Waals surface area contributed by atoms with Gasteiger partial charge >= 0.3 is 5.97 Å². The number of aliphatic carboxylic acids is 1. The fraction of sp³-hybridized carbons (Fsp3) is 0.714. The number of hydrogen-bond donors (Lipinski definition) is 1. The molecular weight excluding hydrogens is 278 g/mol. The topological polar surface area (TPSA) is 58.4 Å². The summed E-state index contributed by atoms with van der Waals surface area (Å²) in [5.74, 6) is -0.286. The molecule has 0 aromatic carbocycles. The fourth-order valence-corrected chi connectivity index (χ4v) is 3.17. The summed E-state index contributed by atoms with van der Waals surface area (Å²) in [5.41, 5.74) is 1.78. The molecule has 5 nitrogen and oxygen atoms in total. The zero-order chi connectivity index (χ0) is 14.9. The lowest BCUT2D eigenvalue weighted by molar-refractivity contribution is -0.145. The molecule has 1 N–H and O–H groups in total. The van der Waals surface area contributed by atoms with Crippen LogP contribution in [-0.2, 0) is 24.8 Å². The molecule has 2 heterocycles. The number of carbonyl (C=O) groups is 1. The van der Waals surface area contributed by atoms with Crippen LogP contribution in [0.3, 0.4) is 0 Å². The van der Waals surface area contributed by atoms with Gasteiger partial charge in [-0.3, -0.25) is 14.4 Å². The molecule has 0 bridgehead atoms. The lowest BCUT2D eigenvalue weighted by atomic mass is 9.92. The van der Waals surface area contributed by atoms with Gasteiger partial charge in [-0.15, -0.1) is 0 Å². The van der Waals surface area contributed by atoms with Crippen molar-refractivity contribution >= 4 is 17.6 Å². The zero-order valence-corrected chi connectivity index (χ0v) is 13.0. The largest absolute Gasteiger partial charge is 0.480 e. The van der Waals surface area contributed by atoms with E-state index in [9.17, 15) is 9.90 Å². The van der Waals surface area contributed by atoms with Crippen LogP contribution in [0.5, 0.6) is 0 Å². The smallest absolute Gasteiger partial charge is 0.320 e. The van der Waals surface area contributed by atoms with Gasteiger partial charge in [-0.2, -0.15) is 5.10 Å². The van der Waals surface area contributed by atoms with Crippen LogP contribution in [0.4, 0.5) is 0 Å². The van der Waals surface area contributed by atoms with Crippen molar-refractivity contribution in [2.75, 3.05) is 6.54 Å². The second kappa shape index (κ2) is 6.14. The van der Waals surface area contributed by atoms with E-state index in [1.807, 2.05) is 18.9 Å². The summed E-state index contributed by atoms with van der Waals surface area (Å²) in [4.78, 5) is 13.4. The Hall–Kier alpha value is -1.07. The summed E-state index contributed by atoms with van der Waals surface area (Å²) in [6.45, 7) is 5.47. The van der Waals surface area contributed by atoms with Crippen molar-refractivity contribution in [3.8, 4) is 0 Å². The van der Waals surface area contributed by atoms with E-state index in [1.165, 1.54) is 0 Å². The summed E-state index contributed by atoms with van der Waals surface area (Å²) in [7, 11) is 1.86. The third-order valence-electron chi connectivity index (χ3n) is 4.12. The van der Waals surface area contributed by atoms with E-state index in [-0.39, 0.29) is 0 Å². The predicted molar refractivity (Wildman–Crippen MR) is 77.8 cm³/mol. The van der Waals surface area contributed by atoms with E-state index in [2.05, 4.69) is 12.0 Å². The highest BCUT2D eigenvalue weighted by atomic mass is 35.5. The fourth-order valence-electron chi connectivity index (χ4n) is 2.82. The first-order valence-corrected chi connectivity index (χ1v) is 7.48. The average Bonchev–Trinajstić information content (AvgIpc) is 2.67. The Morgan fingerprint density at radius 2 is 2.25 bits per heavy atom. The number of halogens is 1. The average molecular weight is 300 g/mol. The summed E-state index contributed by atoms with van der Waals surface area (Å²) < 4.78 is 1.78. The minimum absolute atomic E-state index is 0.421. The Kier molecular flexibility index (Phi) is 4.70. The monoisotopic (exact) mass is 299 g/mol. The van der Waals surface area contributed by atoms with Crippen LogP contribution in [0, 0.1) is 5.92 Å². The third-order valence-corrected chi connectivity index (χ3v) is 4.55. The van der Waals surface area contributed by atoms with Gasteiger partial charge in [0.2, 0.25) is 0 Å². The number of aryl methyl sites for hydroxylation is 2. The number of piperidine rings is 1. The molecule has 1 saturated heterocycles. The number of aromatic nitrogens is 2. The standard InChI is InChI=1S/C14H22ClN3O2/c1-4-10-13(15)12(17(3)16-10)8-18-6-5-9(2)7-11(18)14(19)20/h9,11H,4-8H2,1-3H3,(H,19,20). The van der Waals surface area contributed by atoms with Crippen molar-refractivity contribution in [1.29, 1.82) is 0 Å². The van der Waals surface area contributed by atoms with Gasteiger partial charge in [0.25, 0.3) is 0 Å². The maximum Gasteiger partial charge on any atom is 0.320 e. The highest BCUT2D eigenvalue weighted by Crippen LogP contribution is 2.27. The van der Waals surface area contributed by atoms with E-state index >= 15 is 0 Å². The molecule has 0 amide bonds. The van der Waals surface area contributed by atoms with Crippen molar-refractivity contribution in [3.63, 3.8) is 0 Å². The van der Waals surface area contributed by atoms with Crippen LogP contribution in [0.25, 0.3) is 0 Å². The molecule has 0 aliphatic carbocycles. The maximum absolute atomic E-state index is 11.4.